The Hall–Kier alpha value is -0.840. The molecule has 0 aliphatic carbocycles. The second-order valence-electron chi connectivity index (χ2n) is 5.15. The number of aryl methyl sites for hydroxylation is 1. The standard InChI is InChI=1S/C17H22BrNOS/c1-5-9-19-15(17-14(18)8-10-21-17)13-7-6-11(2)12(3)16(13)20-4/h6-8,10,15,19H,5,9H2,1-4H3. The largest absolute Gasteiger partial charge is 0.496 e. The van der Waals surface area contributed by atoms with Crippen molar-refractivity contribution in [3.8, 4) is 5.75 Å². The van der Waals surface area contributed by atoms with Crippen molar-refractivity contribution in [1.29, 1.82) is 0 Å². The normalized spacial score (nSPS) is 12.4. The van der Waals surface area contributed by atoms with Crippen molar-refractivity contribution in [3.05, 3.63) is 49.6 Å². The second kappa shape index (κ2) is 7.43. The Bertz CT molecular complexity index is 609. The molecule has 1 aromatic heterocycles. The van der Waals surface area contributed by atoms with E-state index in [-0.39, 0.29) is 6.04 Å². The number of ether oxygens (including phenoxy) is 1. The summed E-state index contributed by atoms with van der Waals surface area (Å²) in [5.74, 6) is 0.990. The summed E-state index contributed by atoms with van der Waals surface area (Å²) in [5, 5.41) is 5.77. The average molecular weight is 368 g/mol. The van der Waals surface area contributed by atoms with Crippen molar-refractivity contribution >= 4 is 27.3 Å². The summed E-state index contributed by atoms with van der Waals surface area (Å²) >= 11 is 5.43. The molecule has 1 aromatic carbocycles. The summed E-state index contributed by atoms with van der Waals surface area (Å²) in [5.41, 5.74) is 3.68. The first-order valence-electron chi connectivity index (χ1n) is 7.20. The van der Waals surface area contributed by atoms with Gasteiger partial charge in [0, 0.05) is 14.9 Å². The zero-order valence-corrected chi connectivity index (χ0v) is 15.4. The number of hydrogen-bond donors (Lipinski definition) is 1. The Morgan fingerprint density at radius 2 is 2.05 bits per heavy atom. The molecule has 0 spiro atoms. The highest BCUT2D eigenvalue weighted by atomic mass is 79.9. The second-order valence-corrected chi connectivity index (χ2v) is 6.95. The molecule has 114 valence electrons. The fourth-order valence-electron chi connectivity index (χ4n) is 2.45. The average Bonchev–Trinajstić information content (AvgIpc) is 2.89. The van der Waals surface area contributed by atoms with Crippen LogP contribution in [0.3, 0.4) is 0 Å². The summed E-state index contributed by atoms with van der Waals surface area (Å²) in [6.07, 6.45) is 1.10. The Kier molecular flexibility index (Phi) is 5.85. The zero-order valence-electron chi connectivity index (χ0n) is 13.0. The summed E-state index contributed by atoms with van der Waals surface area (Å²) in [6, 6.07) is 6.62. The minimum absolute atomic E-state index is 0.161. The van der Waals surface area contributed by atoms with Crippen LogP contribution in [0.15, 0.2) is 28.1 Å². The molecule has 1 N–H and O–H groups in total. The molecule has 0 bridgehead atoms. The number of benzene rings is 1. The number of nitrogens with one attached hydrogen (secondary N) is 1. The van der Waals surface area contributed by atoms with Crippen molar-refractivity contribution in [2.75, 3.05) is 13.7 Å². The van der Waals surface area contributed by atoms with Gasteiger partial charge < -0.3 is 10.1 Å². The smallest absolute Gasteiger partial charge is 0.127 e. The van der Waals surface area contributed by atoms with E-state index >= 15 is 0 Å². The van der Waals surface area contributed by atoms with Crippen LogP contribution < -0.4 is 10.1 Å². The Morgan fingerprint density at radius 1 is 1.29 bits per heavy atom. The van der Waals surface area contributed by atoms with Crippen molar-refractivity contribution in [3.63, 3.8) is 0 Å². The molecule has 2 rings (SSSR count). The molecular formula is C17H22BrNOS. The van der Waals surface area contributed by atoms with Gasteiger partial charge in [0.2, 0.25) is 0 Å². The van der Waals surface area contributed by atoms with Crippen molar-refractivity contribution in [1.82, 2.24) is 5.32 Å². The lowest BCUT2D eigenvalue weighted by Gasteiger charge is -2.23. The van der Waals surface area contributed by atoms with E-state index in [1.165, 1.54) is 21.6 Å². The molecule has 2 aromatic rings. The Labute approximate surface area is 139 Å². The first-order valence-corrected chi connectivity index (χ1v) is 8.87. The molecule has 0 saturated carbocycles. The van der Waals surface area contributed by atoms with Crippen LogP contribution in [0.2, 0.25) is 0 Å². The summed E-state index contributed by atoms with van der Waals surface area (Å²) in [4.78, 5) is 1.30. The van der Waals surface area contributed by atoms with E-state index in [0.29, 0.717) is 0 Å². The van der Waals surface area contributed by atoms with Crippen molar-refractivity contribution in [2.24, 2.45) is 0 Å². The van der Waals surface area contributed by atoms with Crippen molar-refractivity contribution < 1.29 is 4.74 Å². The van der Waals surface area contributed by atoms with Crippen LogP contribution in [0, 0.1) is 13.8 Å². The predicted molar refractivity (Wildman–Crippen MR) is 94.6 cm³/mol. The maximum atomic E-state index is 5.71. The van der Waals surface area contributed by atoms with Crippen LogP contribution in [0.1, 0.15) is 41.0 Å². The third kappa shape index (κ3) is 3.50. The number of hydrogen-bond acceptors (Lipinski definition) is 3. The lowest BCUT2D eigenvalue weighted by Crippen LogP contribution is -2.23. The van der Waals surface area contributed by atoms with Gasteiger partial charge >= 0.3 is 0 Å². The monoisotopic (exact) mass is 367 g/mol. The van der Waals surface area contributed by atoms with E-state index in [4.69, 9.17) is 4.74 Å². The third-order valence-corrected chi connectivity index (χ3v) is 5.66. The van der Waals surface area contributed by atoms with Gasteiger partial charge in [-0.05, 0) is 65.3 Å². The van der Waals surface area contributed by atoms with E-state index in [1.807, 2.05) is 0 Å². The summed E-state index contributed by atoms with van der Waals surface area (Å²) in [7, 11) is 1.76. The van der Waals surface area contributed by atoms with Crippen LogP contribution in [-0.2, 0) is 0 Å². The van der Waals surface area contributed by atoms with Crippen LogP contribution >= 0.6 is 27.3 Å². The number of rotatable bonds is 6. The third-order valence-electron chi connectivity index (χ3n) is 3.73. The summed E-state index contributed by atoms with van der Waals surface area (Å²) < 4.78 is 6.86. The highest BCUT2D eigenvalue weighted by Gasteiger charge is 2.22. The van der Waals surface area contributed by atoms with Gasteiger partial charge in [-0.15, -0.1) is 11.3 Å². The maximum absolute atomic E-state index is 5.71. The van der Waals surface area contributed by atoms with Crippen LogP contribution in [0.4, 0.5) is 0 Å². The van der Waals surface area contributed by atoms with E-state index in [2.05, 4.69) is 65.6 Å². The van der Waals surface area contributed by atoms with Gasteiger partial charge in [-0.1, -0.05) is 19.1 Å². The predicted octanol–water partition coefficient (Wildman–Crippen LogP) is 5.23. The van der Waals surface area contributed by atoms with Gasteiger partial charge in [0.25, 0.3) is 0 Å². The van der Waals surface area contributed by atoms with E-state index in [0.717, 1.165) is 23.2 Å². The number of methoxy groups -OCH3 is 1. The van der Waals surface area contributed by atoms with Crippen LogP contribution in [-0.4, -0.2) is 13.7 Å². The van der Waals surface area contributed by atoms with E-state index in [9.17, 15) is 0 Å². The van der Waals surface area contributed by atoms with Crippen LogP contribution in [0.25, 0.3) is 0 Å². The highest BCUT2D eigenvalue weighted by Crippen LogP contribution is 2.39. The molecule has 0 aliphatic rings. The fourth-order valence-corrected chi connectivity index (χ4v) is 4.15. The minimum Gasteiger partial charge on any atom is -0.496 e. The maximum Gasteiger partial charge on any atom is 0.127 e. The van der Waals surface area contributed by atoms with Gasteiger partial charge in [-0.2, -0.15) is 0 Å². The lowest BCUT2D eigenvalue weighted by molar-refractivity contribution is 0.400. The van der Waals surface area contributed by atoms with E-state index < -0.39 is 0 Å². The molecule has 0 fully saturated rings. The first kappa shape index (κ1) is 16.5. The topological polar surface area (TPSA) is 21.3 Å². The van der Waals surface area contributed by atoms with Crippen molar-refractivity contribution in [2.45, 2.75) is 33.2 Å². The molecule has 2 nitrogen and oxygen atoms in total. The van der Waals surface area contributed by atoms with Gasteiger partial charge in [-0.3, -0.25) is 0 Å². The molecule has 4 heteroatoms. The minimum atomic E-state index is 0.161. The molecule has 0 aliphatic heterocycles. The molecule has 1 unspecified atom stereocenters. The molecule has 1 atom stereocenters. The van der Waals surface area contributed by atoms with E-state index in [1.54, 1.807) is 18.4 Å². The van der Waals surface area contributed by atoms with Gasteiger partial charge in [0.05, 0.1) is 13.2 Å². The molecular weight excluding hydrogens is 346 g/mol. The molecule has 0 amide bonds. The first-order chi connectivity index (χ1) is 10.1. The van der Waals surface area contributed by atoms with Gasteiger partial charge in [0.1, 0.15) is 5.75 Å². The quantitative estimate of drug-likeness (QED) is 0.754. The molecule has 0 radical (unpaired) electrons. The van der Waals surface area contributed by atoms with Gasteiger partial charge in [0.15, 0.2) is 0 Å². The highest BCUT2D eigenvalue weighted by molar-refractivity contribution is 9.10. The number of thiophene rings is 1. The van der Waals surface area contributed by atoms with Crippen LogP contribution in [0.5, 0.6) is 5.75 Å². The van der Waals surface area contributed by atoms with Gasteiger partial charge in [-0.25, -0.2) is 0 Å². The zero-order chi connectivity index (χ0) is 15.4. The summed E-state index contributed by atoms with van der Waals surface area (Å²) in [6.45, 7) is 7.41. The number of halogens is 1. The molecule has 21 heavy (non-hydrogen) atoms. The Balaban J connectivity index is 2.51. The molecule has 1 heterocycles. The SMILES string of the molecule is CCCNC(c1ccc(C)c(C)c1OC)c1sccc1Br. The fraction of sp³-hybridized carbons (Fsp3) is 0.412. The lowest BCUT2D eigenvalue weighted by atomic mass is 9.98. The Morgan fingerprint density at radius 3 is 2.62 bits per heavy atom. The molecule has 0 saturated heterocycles.